The first kappa shape index (κ1) is 33.6. The van der Waals surface area contributed by atoms with Crippen molar-refractivity contribution in [2.45, 2.75) is 65.2 Å². The molecule has 0 bridgehead atoms. The molecule has 10 nitrogen and oxygen atoms in total. The molecule has 0 saturated heterocycles. The Bertz CT molecular complexity index is 647. The minimum absolute atomic E-state index is 0.0652. The number of methoxy groups -OCH3 is 1. The Balaban J connectivity index is 5.63. The summed E-state index contributed by atoms with van der Waals surface area (Å²) < 4.78 is 53.3. The van der Waals surface area contributed by atoms with Crippen LogP contribution in [0.25, 0.3) is 0 Å². The van der Waals surface area contributed by atoms with Crippen molar-refractivity contribution in [3.05, 3.63) is 11.4 Å². The fraction of sp³-hybridized carbons (Fsp3) is 0.857. The molecular formula is C21H41BN2O8P2. The molecule has 0 aliphatic carbocycles. The van der Waals surface area contributed by atoms with Gasteiger partial charge >= 0.3 is 7.60 Å². The third kappa shape index (κ3) is 13.7. The molecule has 3 atom stereocenters. The standard InChI is InChI=1S/C21H41BN2O8P2/c1-17(2)24(18(3)4)33(30-11-9-10-23)31-14-20(19(5)16-34(25,27-7)28-8)32-21(22)15-29-13-12-26-6/h16-18,20-21H,9,11-15H2,1-8H3/b19-16+/t20-,21+,33?/m0/s1. The van der Waals surface area contributed by atoms with Gasteiger partial charge in [0.05, 0.1) is 45.5 Å². The smallest absolute Gasteiger partial charge is 0.353 e. The second-order valence-corrected chi connectivity index (χ2v) is 11.4. The zero-order chi connectivity index (χ0) is 26.1. The van der Waals surface area contributed by atoms with Crippen molar-refractivity contribution in [2.24, 2.45) is 0 Å². The summed E-state index contributed by atoms with van der Waals surface area (Å²) in [6, 6.07) is 1.59. The highest BCUT2D eigenvalue weighted by molar-refractivity contribution is 7.57. The molecule has 0 aromatic carbocycles. The van der Waals surface area contributed by atoms with E-state index in [-0.39, 0.29) is 38.3 Å². The maximum Gasteiger partial charge on any atom is 0.353 e. The number of nitriles is 1. The van der Waals surface area contributed by atoms with E-state index in [1.807, 2.05) is 27.7 Å². The summed E-state index contributed by atoms with van der Waals surface area (Å²) in [5.74, 6) is 1.39. The number of rotatable bonds is 20. The Kier molecular flexibility index (Phi) is 18.6. The predicted octanol–water partition coefficient (Wildman–Crippen LogP) is 4.21. The molecule has 196 valence electrons. The predicted molar refractivity (Wildman–Crippen MR) is 134 cm³/mol. The lowest BCUT2D eigenvalue weighted by Gasteiger charge is -2.36. The molecule has 0 fully saturated rings. The highest BCUT2D eigenvalue weighted by atomic mass is 31.2. The molecule has 1 unspecified atom stereocenters. The van der Waals surface area contributed by atoms with Gasteiger partial charge in [-0.2, -0.15) is 5.26 Å². The average molecular weight is 522 g/mol. The zero-order valence-electron chi connectivity index (χ0n) is 21.8. The molecule has 0 rings (SSSR count). The lowest BCUT2D eigenvalue weighted by atomic mass is 10.0. The zero-order valence-corrected chi connectivity index (χ0v) is 23.6. The second-order valence-electron chi connectivity index (χ2n) is 7.85. The van der Waals surface area contributed by atoms with Gasteiger partial charge in [0.15, 0.2) is 0 Å². The summed E-state index contributed by atoms with van der Waals surface area (Å²) in [6.45, 7) is 11.2. The molecule has 0 amide bonds. The largest absolute Gasteiger partial charge is 0.382 e. The molecule has 0 N–H and O–H groups in total. The molecule has 2 radical (unpaired) electrons. The minimum atomic E-state index is -3.44. The molecule has 0 spiro atoms. The number of hydrogen-bond donors (Lipinski definition) is 0. The van der Waals surface area contributed by atoms with Gasteiger partial charge in [0.2, 0.25) is 0 Å². The summed E-state index contributed by atoms with van der Waals surface area (Å²) in [5.41, 5.74) is 0.562. The van der Waals surface area contributed by atoms with Crippen molar-refractivity contribution in [1.82, 2.24) is 4.67 Å². The summed E-state index contributed by atoms with van der Waals surface area (Å²) in [4.78, 5) is 0. The second kappa shape index (κ2) is 18.8. The van der Waals surface area contributed by atoms with Gasteiger partial charge in [0.25, 0.3) is 8.53 Å². The van der Waals surface area contributed by atoms with Crippen LogP contribution in [0.4, 0.5) is 0 Å². The van der Waals surface area contributed by atoms with E-state index < -0.39 is 28.2 Å². The Hall–Kier alpha value is -0.365. The molecule has 0 aromatic heterocycles. The quantitative estimate of drug-likeness (QED) is 0.131. The minimum Gasteiger partial charge on any atom is -0.382 e. The average Bonchev–Trinajstić information content (AvgIpc) is 2.78. The lowest BCUT2D eigenvalue weighted by Crippen LogP contribution is -2.35. The van der Waals surface area contributed by atoms with Gasteiger partial charge in [-0.25, -0.2) is 4.67 Å². The Morgan fingerprint density at radius 3 is 2.18 bits per heavy atom. The van der Waals surface area contributed by atoms with E-state index in [2.05, 4.69) is 10.7 Å². The van der Waals surface area contributed by atoms with E-state index in [4.69, 9.17) is 45.4 Å². The third-order valence-electron chi connectivity index (χ3n) is 4.43. The summed E-state index contributed by atoms with van der Waals surface area (Å²) in [7, 11) is 5.36. The molecule has 0 aromatic rings. The molecule has 13 heteroatoms. The van der Waals surface area contributed by atoms with Crippen LogP contribution >= 0.6 is 16.1 Å². The van der Waals surface area contributed by atoms with Gasteiger partial charge < -0.3 is 32.3 Å². The van der Waals surface area contributed by atoms with Gasteiger partial charge in [0.1, 0.15) is 14.0 Å². The van der Waals surface area contributed by atoms with Crippen LogP contribution in [0, 0.1) is 11.3 Å². The van der Waals surface area contributed by atoms with Crippen molar-refractivity contribution in [2.75, 3.05) is 54.4 Å². The first-order valence-corrected chi connectivity index (χ1v) is 13.9. The molecular weight excluding hydrogens is 481 g/mol. The van der Waals surface area contributed by atoms with Crippen LogP contribution in [-0.2, 0) is 36.9 Å². The summed E-state index contributed by atoms with van der Waals surface area (Å²) >= 11 is 0. The fourth-order valence-corrected chi connectivity index (χ4v) is 5.46. The van der Waals surface area contributed by atoms with Crippen molar-refractivity contribution in [3.63, 3.8) is 0 Å². The highest BCUT2D eigenvalue weighted by Gasteiger charge is 2.30. The van der Waals surface area contributed by atoms with Gasteiger partial charge in [0, 0.05) is 45.2 Å². The van der Waals surface area contributed by atoms with Crippen LogP contribution < -0.4 is 0 Å². The number of ether oxygens (including phenoxy) is 3. The SMILES string of the molecule is [B][C@@H](COCCOC)O[C@@H](COP(OCCC#N)N(C(C)C)C(C)C)/C(C)=C/P(=O)(OC)OC. The first-order valence-electron chi connectivity index (χ1n) is 11.1. The summed E-state index contributed by atoms with van der Waals surface area (Å²) in [5, 5.41) is 8.90. The van der Waals surface area contributed by atoms with E-state index in [1.165, 1.54) is 20.0 Å². The van der Waals surface area contributed by atoms with Crippen LogP contribution in [0.1, 0.15) is 41.0 Å². The first-order chi connectivity index (χ1) is 16.0. The van der Waals surface area contributed by atoms with E-state index in [0.717, 1.165) is 0 Å². The maximum atomic E-state index is 12.6. The van der Waals surface area contributed by atoms with Crippen LogP contribution in [-0.4, -0.2) is 91.1 Å². The maximum absolute atomic E-state index is 12.6. The number of hydrogen-bond acceptors (Lipinski definition) is 10. The van der Waals surface area contributed by atoms with Crippen LogP contribution in [0.2, 0.25) is 0 Å². The van der Waals surface area contributed by atoms with Crippen LogP contribution in [0.5, 0.6) is 0 Å². The Morgan fingerprint density at radius 1 is 1.06 bits per heavy atom. The Labute approximate surface area is 208 Å². The molecule has 0 aliphatic rings. The van der Waals surface area contributed by atoms with Crippen LogP contribution in [0.15, 0.2) is 11.4 Å². The normalized spacial score (nSPS) is 15.6. The van der Waals surface area contributed by atoms with Gasteiger partial charge in [-0.1, -0.05) is 0 Å². The van der Waals surface area contributed by atoms with Crippen molar-refractivity contribution in [1.29, 1.82) is 5.26 Å². The highest BCUT2D eigenvalue weighted by Crippen LogP contribution is 2.50. The van der Waals surface area contributed by atoms with E-state index >= 15 is 0 Å². The molecule has 0 aliphatic heterocycles. The van der Waals surface area contributed by atoms with E-state index in [0.29, 0.717) is 18.8 Å². The van der Waals surface area contributed by atoms with Crippen molar-refractivity contribution < 1.29 is 36.9 Å². The molecule has 34 heavy (non-hydrogen) atoms. The Morgan fingerprint density at radius 2 is 1.68 bits per heavy atom. The van der Waals surface area contributed by atoms with Gasteiger partial charge in [-0.15, -0.1) is 0 Å². The van der Waals surface area contributed by atoms with Crippen molar-refractivity contribution in [3.8, 4) is 6.07 Å². The number of nitrogens with zero attached hydrogens (tertiary/aromatic N) is 2. The monoisotopic (exact) mass is 522 g/mol. The third-order valence-corrected chi connectivity index (χ3v) is 8.25. The topological polar surface area (TPSA) is 109 Å². The fourth-order valence-electron chi connectivity index (χ4n) is 2.83. The van der Waals surface area contributed by atoms with Gasteiger partial charge in [-0.3, -0.25) is 4.57 Å². The molecule has 0 heterocycles. The summed E-state index contributed by atoms with van der Waals surface area (Å²) in [6.07, 6.45) is -0.426. The van der Waals surface area contributed by atoms with E-state index in [1.54, 1.807) is 14.0 Å². The van der Waals surface area contributed by atoms with Crippen molar-refractivity contribution >= 4 is 24.0 Å². The van der Waals surface area contributed by atoms with E-state index in [9.17, 15) is 4.57 Å². The van der Waals surface area contributed by atoms with Crippen LogP contribution in [0.3, 0.4) is 0 Å². The molecule has 0 saturated carbocycles. The lowest BCUT2D eigenvalue weighted by molar-refractivity contribution is -0.0293. The van der Waals surface area contributed by atoms with Gasteiger partial charge in [-0.05, 0) is 40.2 Å².